The Morgan fingerprint density at radius 3 is 2.84 bits per heavy atom. The lowest BCUT2D eigenvalue weighted by molar-refractivity contribution is 0.102. The molecule has 0 aromatic carbocycles. The van der Waals surface area contributed by atoms with Crippen molar-refractivity contribution in [2.45, 2.75) is 31.6 Å². The molecule has 1 aliphatic rings. The highest BCUT2D eigenvalue weighted by molar-refractivity contribution is 7.12. The molecule has 2 aromatic rings. The summed E-state index contributed by atoms with van der Waals surface area (Å²) in [7, 11) is 0. The molecule has 98 valence electrons. The first-order valence-electron chi connectivity index (χ1n) is 6.35. The molecule has 19 heavy (non-hydrogen) atoms. The van der Waals surface area contributed by atoms with Gasteiger partial charge in [-0.1, -0.05) is 12.8 Å². The van der Waals surface area contributed by atoms with Crippen molar-refractivity contribution in [3.05, 3.63) is 34.7 Å². The molecule has 0 bridgehead atoms. The average molecular weight is 274 g/mol. The van der Waals surface area contributed by atoms with E-state index < -0.39 is 0 Å². The fourth-order valence-corrected chi connectivity index (χ4v) is 3.22. The van der Waals surface area contributed by atoms with Crippen LogP contribution in [-0.2, 0) is 0 Å². The smallest absolute Gasteiger partial charge is 0.268 e. The Morgan fingerprint density at radius 2 is 2.11 bits per heavy atom. The maximum absolute atomic E-state index is 12.2. The number of hydrogen-bond donors (Lipinski definition) is 1. The molecule has 1 saturated carbocycles. The molecule has 5 nitrogen and oxygen atoms in total. The van der Waals surface area contributed by atoms with Gasteiger partial charge in [0, 0.05) is 18.3 Å². The van der Waals surface area contributed by atoms with E-state index in [4.69, 9.17) is 0 Å². The zero-order valence-corrected chi connectivity index (χ0v) is 11.2. The fraction of sp³-hybridized carbons (Fsp3) is 0.385. The number of rotatable bonds is 3. The standard InChI is InChI=1S/C13H14N4OS/c18-13(17-10-7-14-5-6-15-10)12-11(16-8-19-12)9-3-1-2-4-9/h5-9H,1-4H2,(H,15,17,18). The third kappa shape index (κ3) is 2.63. The molecular weight excluding hydrogens is 260 g/mol. The molecule has 0 aliphatic heterocycles. The second-order valence-electron chi connectivity index (χ2n) is 4.59. The first-order valence-corrected chi connectivity index (χ1v) is 7.23. The van der Waals surface area contributed by atoms with Gasteiger partial charge in [-0.3, -0.25) is 9.78 Å². The minimum atomic E-state index is -0.134. The number of aromatic nitrogens is 3. The van der Waals surface area contributed by atoms with Crippen LogP contribution in [0.15, 0.2) is 24.1 Å². The van der Waals surface area contributed by atoms with Gasteiger partial charge in [-0.05, 0) is 12.8 Å². The Kier molecular flexibility index (Phi) is 3.50. The van der Waals surface area contributed by atoms with Crippen molar-refractivity contribution in [1.29, 1.82) is 0 Å². The van der Waals surface area contributed by atoms with E-state index in [2.05, 4.69) is 20.3 Å². The van der Waals surface area contributed by atoms with Crippen molar-refractivity contribution in [3.63, 3.8) is 0 Å². The molecule has 0 unspecified atom stereocenters. The molecule has 0 atom stereocenters. The molecule has 3 rings (SSSR count). The van der Waals surface area contributed by atoms with Crippen molar-refractivity contribution in [3.8, 4) is 0 Å². The predicted molar refractivity (Wildman–Crippen MR) is 73.3 cm³/mol. The quantitative estimate of drug-likeness (QED) is 0.934. The van der Waals surface area contributed by atoms with Gasteiger partial charge in [0.05, 0.1) is 17.4 Å². The van der Waals surface area contributed by atoms with Crippen LogP contribution in [0.1, 0.15) is 47.0 Å². The second-order valence-corrected chi connectivity index (χ2v) is 5.45. The van der Waals surface area contributed by atoms with Gasteiger partial charge < -0.3 is 5.32 Å². The number of carbonyl (C=O) groups is 1. The molecule has 2 heterocycles. The van der Waals surface area contributed by atoms with Crippen molar-refractivity contribution >= 4 is 23.1 Å². The van der Waals surface area contributed by atoms with Crippen molar-refractivity contribution in [1.82, 2.24) is 15.0 Å². The highest BCUT2D eigenvalue weighted by Crippen LogP contribution is 2.36. The van der Waals surface area contributed by atoms with Crippen molar-refractivity contribution < 1.29 is 4.79 Å². The van der Waals surface area contributed by atoms with Crippen molar-refractivity contribution in [2.75, 3.05) is 5.32 Å². The minimum Gasteiger partial charge on any atom is -0.305 e. The van der Waals surface area contributed by atoms with Gasteiger partial charge in [-0.15, -0.1) is 11.3 Å². The fourth-order valence-electron chi connectivity index (χ4n) is 2.45. The monoisotopic (exact) mass is 274 g/mol. The Morgan fingerprint density at radius 1 is 1.26 bits per heavy atom. The van der Waals surface area contributed by atoms with Crippen LogP contribution in [0.4, 0.5) is 5.82 Å². The third-order valence-electron chi connectivity index (χ3n) is 3.35. The van der Waals surface area contributed by atoms with Crippen LogP contribution >= 0.6 is 11.3 Å². The summed E-state index contributed by atoms with van der Waals surface area (Å²) < 4.78 is 0. The molecule has 1 fully saturated rings. The van der Waals surface area contributed by atoms with Gasteiger partial charge in [0.1, 0.15) is 4.88 Å². The average Bonchev–Trinajstić information content (AvgIpc) is 3.10. The lowest BCUT2D eigenvalue weighted by Crippen LogP contribution is -2.14. The number of nitrogens with zero attached hydrogens (tertiary/aromatic N) is 3. The molecular formula is C13H14N4OS. The zero-order chi connectivity index (χ0) is 13.1. The number of nitrogens with one attached hydrogen (secondary N) is 1. The van der Waals surface area contributed by atoms with Crippen molar-refractivity contribution in [2.24, 2.45) is 0 Å². The Bertz CT molecular complexity index is 563. The van der Waals surface area contributed by atoms with E-state index in [-0.39, 0.29) is 5.91 Å². The maximum atomic E-state index is 12.2. The number of thiazole rings is 1. The Hall–Kier alpha value is -1.82. The van der Waals surface area contributed by atoms with Gasteiger partial charge in [0.15, 0.2) is 5.82 Å². The highest BCUT2D eigenvalue weighted by Gasteiger charge is 2.25. The summed E-state index contributed by atoms with van der Waals surface area (Å²) in [6.07, 6.45) is 9.39. The van der Waals surface area contributed by atoms with Gasteiger partial charge in [-0.2, -0.15) is 0 Å². The van der Waals surface area contributed by atoms with Crippen LogP contribution in [0, 0.1) is 0 Å². The lowest BCUT2D eigenvalue weighted by Gasteiger charge is -2.08. The topological polar surface area (TPSA) is 67.8 Å². The molecule has 0 radical (unpaired) electrons. The summed E-state index contributed by atoms with van der Waals surface area (Å²) in [6, 6.07) is 0. The lowest BCUT2D eigenvalue weighted by atomic mass is 10.0. The molecule has 2 aromatic heterocycles. The molecule has 1 N–H and O–H groups in total. The van der Waals surface area contributed by atoms with Gasteiger partial charge >= 0.3 is 0 Å². The van der Waals surface area contributed by atoms with Crippen LogP contribution < -0.4 is 5.32 Å². The largest absolute Gasteiger partial charge is 0.305 e. The van der Waals surface area contributed by atoms with E-state index in [1.54, 1.807) is 17.9 Å². The SMILES string of the molecule is O=C(Nc1cnccn1)c1scnc1C1CCCC1. The third-order valence-corrected chi connectivity index (χ3v) is 4.19. The predicted octanol–water partition coefficient (Wildman–Crippen LogP) is 2.84. The number of hydrogen-bond acceptors (Lipinski definition) is 5. The number of anilines is 1. The molecule has 1 aliphatic carbocycles. The van der Waals surface area contributed by atoms with E-state index in [0.717, 1.165) is 18.5 Å². The van der Waals surface area contributed by atoms with Crippen LogP contribution in [-0.4, -0.2) is 20.9 Å². The summed E-state index contributed by atoms with van der Waals surface area (Å²) in [5.74, 6) is 0.775. The highest BCUT2D eigenvalue weighted by atomic mass is 32.1. The van der Waals surface area contributed by atoms with E-state index in [9.17, 15) is 4.79 Å². The summed E-state index contributed by atoms with van der Waals surface area (Å²) in [4.78, 5) is 25.3. The molecule has 1 amide bonds. The molecule has 0 saturated heterocycles. The summed E-state index contributed by atoms with van der Waals surface area (Å²) in [5.41, 5.74) is 2.70. The number of carbonyl (C=O) groups excluding carboxylic acids is 1. The maximum Gasteiger partial charge on any atom is 0.268 e. The second kappa shape index (κ2) is 5.44. The van der Waals surface area contributed by atoms with E-state index in [1.165, 1.54) is 30.4 Å². The van der Waals surface area contributed by atoms with Gasteiger partial charge in [-0.25, -0.2) is 9.97 Å². The first kappa shape index (κ1) is 12.2. The summed E-state index contributed by atoms with van der Waals surface area (Å²) in [5, 5.41) is 2.77. The van der Waals surface area contributed by atoms with Crippen LogP contribution in [0.5, 0.6) is 0 Å². The molecule has 0 spiro atoms. The minimum absolute atomic E-state index is 0.134. The van der Waals surface area contributed by atoms with E-state index in [0.29, 0.717) is 16.6 Å². The van der Waals surface area contributed by atoms with Crippen LogP contribution in [0.2, 0.25) is 0 Å². The summed E-state index contributed by atoms with van der Waals surface area (Å²) in [6.45, 7) is 0. The zero-order valence-electron chi connectivity index (χ0n) is 10.4. The Balaban J connectivity index is 1.78. The van der Waals surface area contributed by atoms with Crippen LogP contribution in [0.3, 0.4) is 0 Å². The first-order chi connectivity index (χ1) is 9.34. The molecule has 6 heteroatoms. The normalized spacial score (nSPS) is 15.6. The van der Waals surface area contributed by atoms with Crippen LogP contribution in [0.25, 0.3) is 0 Å². The van der Waals surface area contributed by atoms with E-state index >= 15 is 0 Å². The number of amides is 1. The van der Waals surface area contributed by atoms with Gasteiger partial charge in [0.2, 0.25) is 0 Å². The summed E-state index contributed by atoms with van der Waals surface area (Å²) >= 11 is 1.39. The van der Waals surface area contributed by atoms with Gasteiger partial charge in [0.25, 0.3) is 5.91 Å². The Labute approximate surface area is 115 Å². The van der Waals surface area contributed by atoms with E-state index in [1.807, 2.05) is 0 Å².